The fourth-order valence-corrected chi connectivity index (χ4v) is 3.98. The Labute approximate surface area is 189 Å². The molecule has 2 saturated carbocycles. The summed E-state index contributed by atoms with van der Waals surface area (Å²) in [6, 6.07) is 0.907. The van der Waals surface area contributed by atoms with E-state index in [-0.39, 0.29) is 26.2 Å². The van der Waals surface area contributed by atoms with Crippen molar-refractivity contribution >= 4 is 7.98 Å². The van der Waals surface area contributed by atoms with Gasteiger partial charge in [0.1, 0.15) is 0 Å². The van der Waals surface area contributed by atoms with Crippen LogP contribution < -0.4 is 0 Å². The summed E-state index contributed by atoms with van der Waals surface area (Å²) in [6.07, 6.45) is 28.1. The normalized spacial score (nSPS) is 29.6. The first kappa shape index (κ1) is 24.9. The third-order valence-electron chi connectivity index (χ3n) is 5.66. The molecule has 0 saturated heterocycles. The predicted molar refractivity (Wildman–Crippen MR) is 115 cm³/mol. The van der Waals surface area contributed by atoms with Crippen LogP contribution in [0.5, 0.6) is 0 Å². The summed E-state index contributed by atoms with van der Waals surface area (Å²) < 4.78 is 0. The molecule has 0 aromatic heterocycles. The quantitative estimate of drug-likeness (QED) is 0.383. The van der Waals surface area contributed by atoms with Gasteiger partial charge in [-0.1, -0.05) is 77.0 Å². The largest absolute Gasteiger partial charge is 2.00 e. The number of rotatable bonds is 2. The van der Waals surface area contributed by atoms with Gasteiger partial charge in [0, 0.05) is 0 Å². The van der Waals surface area contributed by atoms with Gasteiger partial charge in [0.25, 0.3) is 0 Å². The van der Waals surface area contributed by atoms with E-state index in [2.05, 4.69) is 89.1 Å². The van der Waals surface area contributed by atoms with Crippen LogP contribution in [0.15, 0.2) is 48.6 Å². The maximum absolute atomic E-state index is 5.59. The fraction of sp³-hybridized carbons (Fsp3) is 0.583. The minimum Gasteiger partial charge on any atom is -0.349 e. The van der Waals surface area contributed by atoms with E-state index in [9.17, 15) is 0 Å². The minimum absolute atomic E-state index is 0. The molecule has 0 aromatic carbocycles. The molecule has 144 valence electrons. The van der Waals surface area contributed by atoms with Crippen molar-refractivity contribution in [1.29, 1.82) is 0 Å². The van der Waals surface area contributed by atoms with Crippen LogP contribution in [-0.4, -0.2) is 24.9 Å². The summed E-state index contributed by atoms with van der Waals surface area (Å²) in [4.78, 5) is 1.83. The Morgan fingerprint density at radius 3 is 1.41 bits per heavy atom. The molecular weight excluding hydrogens is 404 g/mol. The molecule has 4 atom stereocenters. The van der Waals surface area contributed by atoms with Crippen molar-refractivity contribution in [2.24, 2.45) is 23.7 Å². The zero-order valence-electron chi connectivity index (χ0n) is 17.6. The van der Waals surface area contributed by atoms with E-state index in [1.807, 2.05) is 4.81 Å². The molecule has 0 spiro atoms. The van der Waals surface area contributed by atoms with Gasteiger partial charge in [-0.15, -0.1) is 24.0 Å². The number of hydrogen-bond donors (Lipinski definition) is 0. The van der Waals surface area contributed by atoms with Crippen LogP contribution in [0.3, 0.4) is 0 Å². The van der Waals surface area contributed by atoms with Crippen molar-refractivity contribution in [2.75, 3.05) is 0 Å². The van der Waals surface area contributed by atoms with Gasteiger partial charge >= 0.3 is 26.2 Å². The summed E-state index contributed by atoms with van der Waals surface area (Å²) in [6.45, 7) is 8.33. The molecule has 0 N–H and O–H groups in total. The standard InChI is InChI=1S/2C9H11.C6H14BN.Zr/c2*1-2-5-9-7-3-6-8(9)4-1;1-5(2)8(7)6(3)4;/h2*1-2,4-6,8-9H,3,7H2;5-6H,1-4H3;/q2*-1;;+2. The van der Waals surface area contributed by atoms with Crippen LogP contribution in [0.25, 0.3) is 0 Å². The SMILES string of the molecule is C1=CC2[CH-]CCC2C=C1.C1=CC2[CH-]CCC2C=C1.[B]N(C(C)C)C(C)C.[Zr+2]. The topological polar surface area (TPSA) is 3.24 Å². The maximum Gasteiger partial charge on any atom is 2.00 e. The second-order valence-corrected chi connectivity index (χ2v) is 8.28. The van der Waals surface area contributed by atoms with Crippen LogP contribution in [0.2, 0.25) is 0 Å². The molecule has 1 nitrogen and oxygen atoms in total. The van der Waals surface area contributed by atoms with Crippen LogP contribution in [0.4, 0.5) is 0 Å². The summed E-state index contributed by atoms with van der Waals surface area (Å²) in [5, 5.41) is 0. The third-order valence-corrected chi connectivity index (χ3v) is 5.66. The van der Waals surface area contributed by atoms with Crippen molar-refractivity contribution in [3.05, 3.63) is 61.4 Å². The first-order valence-corrected chi connectivity index (χ1v) is 10.4. The van der Waals surface area contributed by atoms with Gasteiger partial charge in [-0.2, -0.15) is 12.8 Å². The van der Waals surface area contributed by atoms with E-state index >= 15 is 0 Å². The number of allylic oxidation sites excluding steroid dienone is 8. The van der Waals surface area contributed by atoms with Gasteiger partial charge in [-0.25, -0.2) is 0 Å². The van der Waals surface area contributed by atoms with E-state index in [0.717, 1.165) is 23.7 Å². The molecule has 0 aliphatic heterocycles. The Hall–Kier alpha value is -0.132. The van der Waals surface area contributed by atoms with Crippen LogP contribution in [0, 0.1) is 36.5 Å². The smallest absolute Gasteiger partial charge is 0.349 e. The van der Waals surface area contributed by atoms with E-state index < -0.39 is 0 Å². The second kappa shape index (κ2) is 13.2. The summed E-state index contributed by atoms with van der Waals surface area (Å²) in [7, 11) is 5.59. The van der Waals surface area contributed by atoms with Crippen molar-refractivity contribution in [3.63, 3.8) is 0 Å². The fourth-order valence-electron chi connectivity index (χ4n) is 3.98. The molecular formula is C24H36BNZr. The van der Waals surface area contributed by atoms with Crippen LogP contribution in [0.1, 0.15) is 53.4 Å². The molecule has 4 rings (SSSR count). The van der Waals surface area contributed by atoms with E-state index in [1.54, 1.807) is 0 Å². The van der Waals surface area contributed by atoms with Gasteiger partial charge in [-0.05, 0) is 23.9 Å². The molecule has 3 heteroatoms. The van der Waals surface area contributed by atoms with Crippen molar-refractivity contribution < 1.29 is 26.2 Å². The third kappa shape index (κ3) is 8.41. The van der Waals surface area contributed by atoms with Gasteiger partial charge in [0.15, 0.2) is 7.98 Å². The zero-order valence-corrected chi connectivity index (χ0v) is 20.0. The molecule has 0 bridgehead atoms. The minimum atomic E-state index is 0. The Morgan fingerprint density at radius 2 is 1.11 bits per heavy atom. The molecule has 0 heterocycles. The summed E-state index contributed by atoms with van der Waals surface area (Å²) in [5.41, 5.74) is 0. The summed E-state index contributed by atoms with van der Waals surface area (Å²) in [5.74, 6) is 3.23. The van der Waals surface area contributed by atoms with Gasteiger partial charge in [0.2, 0.25) is 0 Å². The van der Waals surface area contributed by atoms with Gasteiger partial charge in [-0.3, -0.25) is 0 Å². The second-order valence-electron chi connectivity index (χ2n) is 8.28. The van der Waals surface area contributed by atoms with Crippen LogP contribution in [-0.2, 0) is 26.2 Å². The van der Waals surface area contributed by atoms with Gasteiger partial charge in [0.05, 0.1) is 0 Å². The van der Waals surface area contributed by atoms with Crippen LogP contribution >= 0.6 is 0 Å². The number of nitrogens with zero attached hydrogens (tertiary/aromatic N) is 1. The van der Waals surface area contributed by atoms with Crippen molar-refractivity contribution in [3.8, 4) is 0 Å². The Bertz CT molecular complexity index is 438. The molecule has 4 aliphatic rings. The van der Waals surface area contributed by atoms with Gasteiger partial charge < -0.3 is 17.7 Å². The number of fused-ring (bicyclic) bond motifs is 2. The molecule has 2 radical (unpaired) electrons. The average molecular weight is 441 g/mol. The predicted octanol–water partition coefficient (Wildman–Crippen LogP) is 5.87. The van der Waals surface area contributed by atoms with E-state index in [4.69, 9.17) is 7.98 Å². The zero-order chi connectivity index (χ0) is 18.9. The Morgan fingerprint density at radius 1 is 0.741 bits per heavy atom. The van der Waals surface area contributed by atoms with E-state index in [1.165, 1.54) is 25.7 Å². The first-order chi connectivity index (χ1) is 12.5. The monoisotopic (exact) mass is 439 g/mol. The summed E-state index contributed by atoms with van der Waals surface area (Å²) >= 11 is 0. The number of hydrogen-bond acceptors (Lipinski definition) is 1. The molecule has 27 heavy (non-hydrogen) atoms. The molecule has 0 aromatic rings. The van der Waals surface area contributed by atoms with Crippen molar-refractivity contribution in [1.82, 2.24) is 4.81 Å². The first-order valence-electron chi connectivity index (χ1n) is 10.4. The molecule has 0 amide bonds. The molecule has 4 aliphatic carbocycles. The molecule has 2 fully saturated rings. The van der Waals surface area contributed by atoms with Crippen molar-refractivity contribution in [2.45, 2.75) is 65.5 Å². The Balaban J connectivity index is 0.000000200. The van der Waals surface area contributed by atoms with E-state index in [0.29, 0.717) is 12.1 Å². The molecule has 4 unspecified atom stereocenters. The Kier molecular flexibility index (Phi) is 12.1. The maximum atomic E-state index is 5.59. The average Bonchev–Trinajstić information content (AvgIpc) is 3.30.